The highest BCUT2D eigenvalue weighted by Gasteiger charge is 2.40. The van der Waals surface area contributed by atoms with E-state index in [-0.39, 0.29) is 17.9 Å². The lowest BCUT2D eigenvalue weighted by atomic mass is 9.93. The molecule has 2 atom stereocenters. The maximum Gasteiger partial charge on any atom is 0.240 e. The number of carbonyl (C=O) groups excluding carboxylic acids is 2. The van der Waals surface area contributed by atoms with Gasteiger partial charge in [-0.2, -0.15) is 11.8 Å². The standard InChI is InChI=1S/C25H37N3O2S/c1-2-22(20-8-4-3-5-9-20)24(29)27-14-12-26(13-15-27)23(21-10-6-7-11-21)25(30)28-16-18-31-19-17-28/h3-5,8-9,21-23H,2,6-7,10-19H2,1H3. The summed E-state index contributed by atoms with van der Waals surface area (Å²) in [4.78, 5) is 33.4. The fourth-order valence-electron chi connectivity index (χ4n) is 5.58. The number of nitrogens with zero attached hydrogens (tertiary/aromatic N) is 3. The van der Waals surface area contributed by atoms with Crippen LogP contribution in [0, 0.1) is 5.92 Å². The molecule has 2 aliphatic heterocycles. The molecule has 31 heavy (non-hydrogen) atoms. The summed E-state index contributed by atoms with van der Waals surface area (Å²) in [5.41, 5.74) is 1.11. The Morgan fingerprint density at radius 3 is 2.13 bits per heavy atom. The van der Waals surface area contributed by atoms with Crippen molar-refractivity contribution >= 4 is 23.6 Å². The Morgan fingerprint density at radius 2 is 1.52 bits per heavy atom. The Labute approximate surface area is 191 Å². The van der Waals surface area contributed by atoms with Crippen molar-refractivity contribution in [1.29, 1.82) is 0 Å². The molecule has 1 saturated carbocycles. The highest BCUT2D eigenvalue weighted by atomic mass is 32.2. The van der Waals surface area contributed by atoms with Gasteiger partial charge in [0.2, 0.25) is 11.8 Å². The van der Waals surface area contributed by atoms with E-state index in [1.165, 1.54) is 25.7 Å². The second-order valence-electron chi connectivity index (χ2n) is 9.16. The highest BCUT2D eigenvalue weighted by molar-refractivity contribution is 7.99. The fraction of sp³-hybridized carbons (Fsp3) is 0.680. The fourth-order valence-corrected chi connectivity index (χ4v) is 6.48. The van der Waals surface area contributed by atoms with Crippen molar-refractivity contribution in [3.05, 3.63) is 35.9 Å². The third kappa shape index (κ3) is 5.28. The summed E-state index contributed by atoms with van der Waals surface area (Å²) in [5.74, 6) is 3.13. The molecule has 5 nitrogen and oxygen atoms in total. The molecule has 1 aliphatic carbocycles. The number of rotatable bonds is 6. The van der Waals surface area contributed by atoms with E-state index in [0.717, 1.165) is 62.8 Å². The maximum absolute atomic E-state index is 13.5. The molecule has 0 aromatic heterocycles. The van der Waals surface area contributed by atoms with Crippen LogP contribution in [0.3, 0.4) is 0 Å². The second kappa shape index (κ2) is 10.9. The van der Waals surface area contributed by atoms with Gasteiger partial charge in [0, 0.05) is 50.8 Å². The molecule has 170 valence electrons. The van der Waals surface area contributed by atoms with Crippen LogP contribution >= 0.6 is 11.8 Å². The van der Waals surface area contributed by atoms with Gasteiger partial charge in [-0.05, 0) is 30.7 Å². The molecule has 0 N–H and O–H groups in total. The highest BCUT2D eigenvalue weighted by Crippen LogP contribution is 2.33. The number of carbonyl (C=O) groups is 2. The SMILES string of the molecule is CCC(C(=O)N1CCN(C(C(=O)N2CCSCC2)C2CCCC2)CC1)c1ccccc1. The number of hydrogen-bond donors (Lipinski definition) is 0. The van der Waals surface area contributed by atoms with Crippen molar-refractivity contribution in [3.8, 4) is 0 Å². The summed E-state index contributed by atoms with van der Waals surface area (Å²) < 4.78 is 0. The molecule has 4 rings (SSSR count). The van der Waals surface area contributed by atoms with E-state index in [2.05, 4.69) is 28.9 Å². The van der Waals surface area contributed by atoms with Gasteiger partial charge < -0.3 is 9.80 Å². The first-order valence-electron chi connectivity index (χ1n) is 12.1. The lowest BCUT2D eigenvalue weighted by Crippen LogP contribution is -2.59. The predicted octanol–water partition coefficient (Wildman–Crippen LogP) is 3.46. The average Bonchev–Trinajstić information content (AvgIpc) is 3.36. The second-order valence-corrected chi connectivity index (χ2v) is 10.4. The van der Waals surface area contributed by atoms with Gasteiger partial charge in [0.15, 0.2) is 0 Å². The van der Waals surface area contributed by atoms with Gasteiger partial charge in [0.25, 0.3) is 0 Å². The maximum atomic E-state index is 13.5. The van der Waals surface area contributed by atoms with Crippen molar-refractivity contribution in [3.63, 3.8) is 0 Å². The van der Waals surface area contributed by atoms with Gasteiger partial charge in [0.1, 0.15) is 0 Å². The normalized spacial score (nSPS) is 23.0. The molecule has 2 amide bonds. The van der Waals surface area contributed by atoms with E-state index in [4.69, 9.17) is 0 Å². The Bertz CT molecular complexity index is 724. The molecule has 1 aromatic rings. The summed E-state index contributed by atoms with van der Waals surface area (Å²) in [6.07, 6.45) is 5.66. The van der Waals surface area contributed by atoms with Crippen LogP contribution in [-0.2, 0) is 9.59 Å². The van der Waals surface area contributed by atoms with Crippen LogP contribution in [0.2, 0.25) is 0 Å². The minimum atomic E-state index is -0.0640. The first-order chi connectivity index (χ1) is 15.2. The van der Waals surface area contributed by atoms with Gasteiger partial charge >= 0.3 is 0 Å². The van der Waals surface area contributed by atoms with Crippen molar-refractivity contribution < 1.29 is 9.59 Å². The Hall–Kier alpha value is -1.53. The molecule has 3 aliphatic rings. The monoisotopic (exact) mass is 443 g/mol. The molecule has 2 heterocycles. The zero-order valence-electron chi connectivity index (χ0n) is 18.9. The van der Waals surface area contributed by atoms with Gasteiger partial charge in [-0.3, -0.25) is 14.5 Å². The smallest absolute Gasteiger partial charge is 0.240 e. The minimum Gasteiger partial charge on any atom is -0.340 e. The van der Waals surface area contributed by atoms with Crippen LogP contribution in [0.15, 0.2) is 30.3 Å². The van der Waals surface area contributed by atoms with Crippen molar-refractivity contribution in [2.45, 2.75) is 51.0 Å². The van der Waals surface area contributed by atoms with Gasteiger partial charge in [-0.1, -0.05) is 50.1 Å². The van der Waals surface area contributed by atoms with Crippen LogP contribution in [0.5, 0.6) is 0 Å². The third-order valence-corrected chi connectivity index (χ3v) is 8.29. The number of benzene rings is 1. The first kappa shape index (κ1) is 22.7. The van der Waals surface area contributed by atoms with Crippen molar-refractivity contribution in [1.82, 2.24) is 14.7 Å². The molecular formula is C25H37N3O2S. The zero-order valence-corrected chi connectivity index (χ0v) is 19.7. The first-order valence-corrected chi connectivity index (χ1v) is 13.3. The van der Waals surface area contributed by atoms with Crippen molar-refractivity contribution in [2.75, 3.05) is 50.8 Å². The quantitative estimate of drug-likeness (QED) is 0.675. The molecule has 1 aromatic carbocycles. The van der Waals surface area contributed by atoms with Crippen LogP contribution < -0.4 is 0 Å². The summed E-state index contributed by atoms with van der Waals surface area (Å²) in [7, 11) is 0. The summed E-state index contributed by atoms with van der Waals surface area (Å²) in [5, 5.41) is 0. The summed E-state index contributed by atoms with van der Waals surface area (Å²) in [6, 6.07) is 10.2. The Kier molecular flexibility index (Phi) is 7.94. The molecule has 6 heteroatoms. The van der Waals surface area contributed by atoms with Crippen LogP contribution in [0.1, 0.15) is 50.5 Å². The minimum absolute atomic E-state index is 0.0129. The molecule has 0 radical (unpaired) electrons. The van der Waals surface area contributed by atoms with E-state index >= 15 is 0 Å². The number of hydrogen-bond acceptors (Lipinski definition) is 4. The molecule has 3 fully saturated rings. The lowest BCUT2D eigenvalue weighted by molar-refractivity contribution is -0.141. The van der Waals surface area contributed by atoms with Gasteiger partial charge in [-0.25, -0.2) is 0 Å². The topological polar surface area (TPSA) is 43.9 Å². The number of thioether (sulfide) groups is 1. The van der Waals surface area contributed by atoms with Gasteiger partial charge in [-0.15, -0.1) is 0 Å². The van der Waals surface area contributed by atoms with Crippen LogP contribution in [-0.4, -0.2) is 83.3 Å². The van der Waals surface area contributed by atoms with Crippen LogP contribution in [0.25, 0.3) is 0 Å². The third-order valence-electron chi connectivity index (χ3n) is 7.35. The van der Waals surface area contributed by atoms with E-state index in [9.17, 15) is 9.59 Å². The molecule has 0 spiro atoms. The van der Waals surface area contributed by atoms with E-state index in [1.807, 2.05) is 34.9 Å². The van der Waals surface area contributed by atoms with E-state index in [1.54, 1.807) is 0 Å². The molecule has 2 saturated heterocycles. The molecule has 0 bridgehead atoms. The Balaban J connectivity index is 1.41. The molecule has 2 unspecified atom stereocenters. The van der Waals surface area contributed by atoms with E-state index < -0.39 is 0 Å². The van der Waals surface area contributed by atoms with Crippen LogP contribution in [0.4, 0.5) is 0 Å². The largest absolute Gasteiger partial charge is 0.340 e. The lowest BCUT2D eigenvalue weighted by Gasteiger charge is -2.43. The Morgan fingerprint density at radius 1 is 0.903 bits per heavy atom. The number of piperazine rings is 1. The van der Waals surface area contributed by atoms with Crippen molar-refractivity contribution in [2.24, 2.45) is 5.92 Å². The average molecular weight is 444 g/mol. The van der Waals surface area contributed by atoms with Gasteiger partial charge in [0.05, 0.1) is 12.0 Å². The summed E-state index contributed by atoms with van der Waals surface area (Å²) >= 11 is 1.95. The predicted molar refractivity (Wildman–Crippen MR) is 127 cm³/mol. The number of amides is 2. The summed E-state index contributed by atoms with van der Waals surface area (Å²) in [6.45, 7) is 6.96. The molecular weight excluding hydrogens is 406 g/mol. The zero-order chi connectivity index (χ0) is 21.6. The van der Waals surface area contributed by atoms with E-state index in [0.29, 0.717) is 11.8 Å².